The summed E-state index contributed by atoms with van der Waals surface area (Å²) >= 11 is 0. The zero-order valence-corrected chi connectivity index (χ0v) is 16.5. The molecule has 0 saturated carbocycles. The van der Waals surface area contributed by atoms with E-state index < -0.39 is 5.97 Å². The molecular weight excluding hydrogens is 386 g/mol. The number of nitrogens with zero attached hydrogens (tertiary/aromatic N) is 2. The van der Waals surface area contributed by atoms with Crippen LogP contribution in [0.3, 0.4) is 0 Å². The Labute approximate surface area is 174 Å². The molecule has 1 aliphatic heterocycles. The minimum atomic E-state index is -0.599. The zero-order chi connectivity index (χ0) is 21.3. The van der Waals surface area contributed by atoms with Gasteiger partial charge in [0.15, 0.2) is 5.96 Å². The number of carbonyl (C=O) groups excluding carboxylic acids is 2. The van der Waals surface area contributed by atoms with E-state index >= 15 is 0 Å². The number of benzene rings is 2. The molecule has 0 unspecified atom stereocenters. The van der Waals surface area contributed by atoms with E-state index in [1.165, 1.54) is 0 Å². The largest absolute Gasteiger partial charge is 0.423 e. The van der Waals surface area contributed by atoms with Crippen LogP contribution in [-0.4, -0.2) is 62.1 Å². The van der Waals surface area contributed by atoms with E-state index in [0.717, 1.165) is 32.8 Å². The summed E-state index contributed by atoms with van der Waals surface area (Å²) in [6.07, 6.45) is 0. The molecule has 1 saturated heterocycles. The molecule has 2 aromatic carbocycles. The molecule has 30 heavy (non-hydrogen) atoms. The molecule has 1 aliphatic rings. The first-order chi connectivity index (χ1) is 14.5. The predicted molar refractivity (Wildman–Crippen MR) is 113 cm³/mol. The second-order valence-corrected chi connectivity index (χ2v) is 6.68. The number of ether oxygens (including phenoxy) is 2. The first kappa shape index (κ1) is 21.3. The maximum atomic E-state index is 12.5. The third kappa shape index (κ3) is 6.03. The van der Waals surface area contributed by atoms with Crippen molar-refractivity contribution in [3.05, 3.63) is 59.7 Å². The number of nitrogens with two attached hydrogens (primary N) is 2. The molecule has 2 aromatic rings. The molecular formula is C21H25N5O4. The smallest absolute Gasteiger partial charge is 0.345 e. The topological polar surface area (TPSA) is 132 Å². The molecule has 1 heterocycles. The van der Waals surface area contributed by atoms with E-state index in [1.807, 2.05) is 0 Å². The lowest BCUT2D eigenvalue weighted by Crippen LogP contribution is -2.41. The highest BCUT2D eigenvalue weighted by Crippen LogP contribution is 2.21. The van der Waals surface area contributed by atoms with Crippen molar-refractivity contribution in [1.29, 1.82) is 0 Å². The summed E-state index contributed by atoms with van der Waals surface area (Å²) in [7, 11) is 0. The first-order valence-electron chi connectivity index (χ1n) is 9.62. The van der Waals surface area contributed by atoms with Crippen molar-refractivity contribution in [2.24, 2.45) is 16.5 Å². The minimum Gasteiger partial charge on any atom is -0.423 e. The monoisotopic (exact) mass is 411 g/mol. The van der Waals surface area contributed by atoms with Crippen LogP contribution in [0.2, 0.25) is 0 Å². The number of esters is 1. The maximum Gasteiger partial charge on any atom is 0.345 e. The third-order valence-electron chi connectivity index (χ3n) is 4.52. The van der Waals surface area contributed by atoms with E-state index in [9.17, 15) is 9.59 Å². The Morgan fingerprint density at radius 3 is 2.47 bits per heavy atom. The fourth-order valence-electron chi connectivity index (χ4n) is 2.97. The van der Waals surface area contributed by atoms with Gasteiger partial charge in [-0.3, -0.25) is 9.69 Å². The number of guanidine groups is 1. The lowest BCUT2D eigenvalue weighted by molar-refractivity contribution is 0.0383. The summed E-state index contributed by atoms with van der Waals surface area (Å²) in [6.45, 7) is 4.54. The van der Waals surface area contributed by atoms with E-state index in [-0.39, 0.29) is 17.4 Å². The molecule has 9 nitrogen and oxygen atoms in total. The Bertz CT molecular complexity index is 904. The molecule has 0 atom stereocenters. The highest BCUT2D eigenvalue weighted by molar-refractivity contribution is 5.98. The Kier molecular flexibility index (Phi) is 7.36. The molecule has 0 aliphatic carbocycles. The highest BCUT2D eigenvalue weighted by atomic mass is 16.5. The lowest BCUT2D eigenvalue weighted by Gasteiger charge is -2.26. The lowest BCUT2D eigenvalue weighted by atomic mass is 10.2. The molecule has 1 fully saturated rings. The SMILES string of the molecule is NC(N)=Nc1ccccc1C(=O)Oc1ccc(C(=O)NCCN2CCOCC2)cc1. The highest BCUT2D eigenvalue weighted by Gasteiger charge is 2.14. The van der Waals surface area contributed by atoms with Gasteiger partial charge in [0, 0.05) is 31.7 Å². The van der Waals surface area contributed by atoms with Crippen LogP contribution < -0.4 is 21.5 Å². The predicted octanol–water partition coefficient (Wildman–Crippen LogP) is 0.873. The van der Waals surface area contributed by atoms with E-state index in [4.69, 9.17) is 20.9 Å². The van der Waals surface area contributed by atoms with Crippen molar-refractivity contribution >= 4 is 23.5 Å². The second-order valence-electron chi connectivity index (χ2n) is 6.68. The molecule has 0 radical (unpaired) electrons. The molecule has 3 rings (SSSR count). The fraction of sp³-hybridized carbons (Fsp3) is 0.286. The molecule has 0 spiro atoms. The zero-order valence-electron chi connectivity index (χ0n) is 16.5. The average molecular weight is 411 g/mol. The summed E-state index contributed by atoms with van der Waals surface area (Å²) in [5.74, 6) is -0.624. The van der Waals surface area contributed by atoms with Crippen LogP contribution in [0.4, 0.5) is 5.69 Å². The summed E-state index contributed by atoms with van der Waals surface area (Å²) in [6, 6.07) is 12.9. The van der Waals surface area contributed by atoms with Gasteiger partial charge in [-0.15, -0.1) is 0 Å². The van der Waals surface area contributed by atoms with Crippen molar-refractivity contribution in [1.82, 2.24) is 10.2 Å². The van der Waals surface area contributed by atoms with Gasteiger partial charge >= 0.3 is 5.97 Å². The van der Waals surface area contributed by atoms with Gasteiger partial charge in [0.25, 0.3) is 5.91 Å². The van der Waals surface area contributed by atoms with Crippen LogP contribution in [0.5, 0.6) is 5.75 Å². The molecule has 0 aromatic heterocycles. The standard InChI is InChI=1S/C21H25N5O4/c22-21(23)25-18-4-2-1-3-17(18)20(28)30-16-7-5-15(6-8-16)19(27)24-9-10-26-11-13-29-14-12-26/h1-8H,9-14H2,(H,24,27)(H4,22,23,25). The Morgan fingerprint density at radius 2 is 1.77 bits per heavy atom. The van der Waals surface area contributed by atoms with Crippen LogP contribution >= 0.6 is 0 Å². The van der Waals surface area contributed by atoms with Crippen LogP contribution in [-0.2, 0) is 4.74 Å². The van der Waals surface area contributed by atoms with Crippen LogP contribution in [0.1, 0.15) is 20.7 Å². The van der Waals surface area contributed by atoms with Crippen molar-refractivity contribution in [2.75, 3.05) is 39.4 Å². The van der Waals surface area contributed by atoms with Crippen LogP contribution in [0.15, 0.2) is 53.5 Å². The van der Waals surface area contributed by atoms with Gasteiger partial charge in [-0.25, -0.2) is 9.79 Å². The fourth-order valence-corrected chi connectivity index (χ4v) is 2.97. The average Bonchev–Trinajstić information content (AvgIpc) is 2.75. The Balaban J connectivity index is 1.54. The van der Waals surface area contributed by atoms with Crippen LogP contribution in [0, 0.1) is 0 Å². The molecule has 5 N–H and O–H groups in total. The number of para-hydroxylation sites is 1. The maximum absolute atomic E-state index is 12.5. The first-order valence-corrected chi connectivity index (χ1v) is 9.62. The van der Waals surface area contributed by atoms with Crippen molar-refractivity contribution in [3.8, 4) is 5.75 Å². The van der Waals surface area contributed by atoms with Gasteiger partial charge < -0.3 is 26.3 Å². The Morgan fingerprint density at radius 1 is 1.07 bits per heavy atom. The van der Waals surface area contributed by atoms with E-state index in [2.05, 4.69) is 15.2 Å². The van der Waals surface area contributed by atoms with Crippen molar-refractivity contribution < 1.29 is 19.1 Å². The van der Waals surface area contributed by atoms with Crippen molar-refractivity contribution in [3.63, 3.8) is 0 Å². The number of nitrogens with one attached hydrogen (secondary N) is 1. The third-order valence-corrected chi connectivity index (χ3v) is 4.52. The summed E-state index contributed by atoms with van der Waals surface area (Å²) in [5.41, 5.74) is 11.8. The van der Waals surface area contributed by atoms with Crippen LogP contribution in [0.25, 0.3) is 0 Å². The normalized spacial score (nSPS) is 14.0. The van der Waals surface area contributed by atoms with Gasteiger partial charge in [0.1, 0.15) is 5.75 Å². The number of hydrogen-bond donors (Lipinski definition) is 3. The molecule has 158 valence electrons. The molecule has 9 heteroatoms. The summed E-state index contributed by atoms with van der Waals surface area (Å²) in [5, 5.41) is 2.89. The van der Waals surface area contributed by atoms with Gasteiger partial charge in [0.2, 0.25) is 0 Å². The molecule has 0 bridgehead atoms. The molecule has 1 amide bonds. The number of aliphatic imine (C=N–C) groups is 1. The summed E-state index contributed by atoms with van der Waals surface area (Å²) in [4.78, 5) is 30.9. The van der Waals surface area contributed by atoms with Gasteiger partial charge in [-0.1, -0.05) is 12.1 Å². The number of rotatable bonds is 7. The van der Waals surface area contributed by atoms with E-state index in [1.54, 1.807) is 48.5 Å². The van der Waals surface area contributed by atoms with Gasteiger partial charge in [-0.05, 0) is 36.4 Å². The van der Waals surface area contributed by atoms with Crippen molar-refractivity contribution in [2.45, 2.75) is 0 Å². The summed E-state index contributed by atoms with van der Waals surface area (Å²) < 4.78 is 10.7. The quantitative estimate of drug-likeness (QED) is 0.267. The number of hydrogen-bond acceptors (Lipinski definition) is 6. The number of morpholine rings is 1. The second kappa shape index (κ2) is 10.4. The van der Waals surface area contributed by atoms with E-state index in [0.29, 0.717) is 23.5 Å². The minimum absolute atomic E-state index is 0.153. The van der Waals surface area contributed by atoms with Gasteiger partial charge in [0.05, 0.1) is 24.5 Å². The number of carbonyl (C=O) groups is 2. The number of amides is 1. The Hall–Kier alpha value is -3.43. The van der Waals surface area contributed by atoms with Gasteiger partial charge in [-0.2, -0.15) is 0 Å².